The van der Waals surface area contributed by atoms with Gasteiger partial charge in [-0.15, -0.1) is 0 Å². The van der Waals surface area contributed by atoms with Crippen molar-refractivity contribution in [1.29, 1.82) is 0 Å². The minimum Gasteiger partial charge on any atom is -0.375 e. The van der Waals surface area contributed by atoms with Crippen molar-refractivity contribution in [3.05, 3.63) is 53.0 Å². The molecule has 6 heteroatoms. The molecule has 3 heterocycles. The van der Waals surface area contributed by atoms with Gasteiger partial charge in [0.25, 0.3) is 0 Å². The van der Waals surface area contributed by atoms with Crippen LogP contribution in [0.4, 0.5) is 5.82 Å². The molecule has 0 N–H and O–H groups in total. The Morgan fingerprint density at radius 3 is 2.80 bits per heavy atom. The smallest absolute Gasteiger partial charge is 0.248 e. The summed E-state index contributed by atoms with van der Waals surface area (Å²) >= 11 is 0. The van der Waals surface area contributed by atoms with Crippen LogP contribution in [0, 0.1) is 6.92 Å². The molecule has 2 aromatic rings. The molecule has 4 rings (SSSR count). The van der Waals surface area contributed by atoms with Crippen LogP contribution >= 0.6 is 0 Å². The molecule has 0 spiro atoms. The summed E-state index contributed by atoms with van der Waals surface area (Å²) in [7, 11) is 1.57. The van der Waals surface area contributed by atoms with E-state index in [9.17, 15) is 4.79 Å². The largest absolute Gasteiger partial charge is 0.375 e. The summed E-state index contributed by atoms with van der Waals surface area (Å²) in [5, 5.41) is 0. The van der Waals surface area contributed by atoms with Crippen molar-refractivity contribution in [3.63, 3.8) is 0 Å². The number of nitrogens with zero attached hydrogens (tertiary/aromatic N) is 4. The number of carbonyl (C=O) groups is 1. The van der Waals surface area contributed by atoms with Crippen molar-refractivity contribution in [2.75, 3.05) is 44.8 Å². The first-order chi connectivity index (χ1) is 14.7. The van der Waals surface area contributed by atoms with E-state index in [0.717, 1.165) is 69.1 Å². The fourth-order valence-corrected chi connectivity index (χ4v) is 4.65. The first-order valence-electron chi connectivity index (χ1n) is 11.1. The predicted molar refractivity (Wildman–Crippen MR) is 118 cm³/mol. The minimum atomic E-state index is 0.0568. The predicted octanol–water partition coefficient (Wildman–Crippen LogP) is 3.13. The van der Waals surface area contributed by atoms with Gasteiger partial charge in [0.2, 0.25) is 5.91 Å². The number of aryl methyl sites for hydroxylation is 1. The Labute approximate surface area is 179 Å². The molecule has 0 unspecified atom stereocenters. The zero-order chi connectivity index (χ0) is 20.9. The lowest BCUT2D eigenvalue weighted by molar-refractivity contribution is -0.136. The van der Waals surface area contributed by atoms with Crippen molar-refractivity contribution in [2.45, 2.75) is 44.9 Å². The van der Waals surface area contributed by atoms with Gasteiger partial charge in [-0.1, -0.05) is 30.3 Å². The molecule has 6 nitrogen and oxygen atoms in total. The molecule has 2 aliphatic heterocycles. The van der Waals surface area contributed by atoms with E-state index in [1.807, 2.05) is 4.90 Å². The Morgan fingerprint density at radius 1 is 1.17 bits per heavy atom. The molecule has 2 aliphatic rings. The highest BCUT2D eigenvalue weighted by Crippen LogP contribution is 2.31. The zero-order valence-electron chi connectivity index (χ0n) is 18.1. The molecule has 160 valence electrons. The standard InChI is InChI=1S/C24H32N4O2/c1-18-21-11-7-13-27(15-12-19-8-4-3-5-9-19)24(21)26-23(25-18)20-10-6-14-28(16-20)22(29)17-30-2/h3-5,8-9,20H,6-7,10-17H2,1-2H3/t20-/m1/s1. The van der Waals surface area contributed by atoms with Gasteiger partial charge in [0, 0.05) is 50.5 Å². The van der Waals surface area contributed by atoms with E-state index < -0.39 is 0 Å². The molecule has 1 aromatic carbocycles. The van der Waals surface area contributed by atoms with Gasteiger partial charge < -0.3 is 14.5 Å². The maximum absolute atomic E-state index is 12.3. The average Bonchev–Trinajstić information content (AvgIpc) is 2.78. The lowest BCUT2D eigenvalue weighted by atomic mass is 9.96. The van der Waals surface area contributed by atoms with Gasteiger partial charge in [-0.25, -0.2) is 9.97 Å². The summed E-state index contributed by atoms with van der Waals surface area (Å²) in [6, 6.07) is 10.6. The summed E-state index contributed by atoms with van der Waals surface area (Å²) in [6.07, 6.45) is 5.22. The SMILES string of the molecule is COCC(=O)N1CCC[C@@H](c2nc(C)c3c(n2)N(CCc2ccccc2)CCC3)C1. The normalized spacial score (nSPS) is 18.9. The number of fused-ring (bicyclic) bond motifs is 1. The number of piperidine rings is 1. The lowest BCUT2D eigenvalue weighted by Crippen LogP contribution is -2.41. The number of benzene rings is 1. The van der Waals surface area contributed by atoms with Crippen LogP contribution < -0.4 is 4.90 Å². The van der Waals surface area contributed by atoms with Gasteiger partial charge in [0.15, 0.2) is 0 Å². The molecular weight excluding hydrogens is 376 g/mol. The Hall–Kier alpha value is -2.47. The molecule has 0 radical (unpaired) electrons. The monoisotopic (exact) mass is 408 g/mol. The molecule has 1 saturated heterocycles. The molecule has 0 aliphatic carbocycles. The topological polar surface area (TPSA) is 58.6 Å². The van der Waals surface area contributed by atoms with Gasteiger partial charge in [-0.05, 0) is 44.6 Å². The average molecular weight is 409 g/mol. The molecule has 30 heavy (non-hydrogen) atoms. The minimum absolute atomic E-state index is 0.0568. The zero-order valence-corrected chi connectivity index (χ0v) is 18.1. The van der Waals surface area contributed by atoms with Crippen molar-refractivity contribution >= 4 is 11.7 Å². The fraction of sp³-hybridized carbons (Fsp3) is 0.542. The fourth-order valence-electron chi connectivity index (χ4n) is 4.65. The third-order valence-electron chi connectivity index (χ3n) is 6.28. The van der Waals surface area contributed by atoms with Crippen LogP contribution in [0.5, 0.6) is 0 Å². The quantitative estimate of drug-likeness (QED) is 0.735. The highest BCUT2D eigenvalue weighted by Gasteiger charge is 2.29. The highest BCUT2D eigenvalue weighted by atomic mass is 16.5. The van der Waals surface area contributed by atoms with Crippen LogP contribution in [-0.2, 0) is 22.4 Å². The van der Waals surface area contributed by atoms with E-state index in [4.69, 9.17) is 14.7 Å². The Kier molecular flexibility index (Phi) is 6.62. The number of anilines is 1. The van der Waals surface area contributed by atoms with Crippen molar-refractivity contribution in [3.8, 4) is 0 Å². The van der Waals surface area contributed by atoms with Gasteiger partial charge in [-0.3, -0.25) is 4.79 Å². The summed E-state index contributed by atoms with van der Waals surface area (Å²) in [5.41, 5.74) is 3.75. The Morgan fingerprint density at radius 2 is 2.00 bits per heavy atom. The second kappa shape index (κ2) is 9.56. The second-order valence-corrected chi connectivity index (χ2v) is 8.41. The molecular formula is C24H32N4O2. The number of rotatable bonds is 6. The van der Waals surface area contributed by atoms with Gasteiger partial charge in [0.1, 0.15) is 18.2 Å². The third kappa shape index (κ3) is 4.64. The molecule has 1 atom stereocenters. The number of hydrogen-bond donors (Lipinski definition) is 0. The number of amides is 1. The van der Waals surface area contributed by atoms with Crippen LogP contribution in [0.1, 0.15) is 47.8 Å². The first kappa shape index (κ1) is 20.8. The van der Waals surface area contributed by atoms with Gasteiger partial charge in [0.05, 0.1) is 0 Å². The van der Waals surface area contributed by atoms with Crippen LogP contribution in [-0.4, -0.2) is 60.7 Å². The molecule has 1 amide bonds. The summed E-state index contributed by atoms with van der Waals surface area (Å²) in [4.78, 5) is 26.6. The van der Waals surface area contributed by atoms with Crippen molar-refractivity contribution < 1.29 is 9.53 Å². The number of hydrogen-bond acceptors (Lipinski definition) is 5. The number of methoxy groups -OCH3 is 1. The molecule has 0 bridgehead atoms. The van der Waals surface area contributed by atoms with E-state index in [-0.39, 0.29) is 18.4 Å². The summed E-state index contributed by atoms with van der Waals surface area (Å²) in [5.74, 6) is 2.26. The van der Waals surface area contributed by atoms with Crippen molar-refractivity contribution in [1.82, 2.24) is 14.9 Å². The summed E-state index contributed by atoms with van der Waals surface area (Å²) in [6.45, 7) is 5.75. The lowest BCUT2D eigenvalue weighted by Gasteiger charge is -2.34. The molecule has 0 saturated carbocycles. The third-order valence-corrected chi connectivity index (χ3v) is 6.28. The molecule has 1 fully saturated rings. The van der Waals surface area contributed by atoms with Crippen LogP contribution in [0.15, 0.2) is 30.3 Å². The molecule has 1 aromatic heterocycles. The highest BCUT2D eigenvalue weighted by molar-refractivity contribution is 5.77. The van der Waals surface area contributed by atoms with E-state index in [1.165, 1.54) is 11.1 Å². The van der Waals surface area contributed by atoms with Gasteiger partial charge >= 0.3 is 0 Å². The number of carbonyl (C=O) groups excluding carboxylic acids is 1. The van der Waals surface area contributed by atoms with Crippen molar-refractivity contribution in [2.24, 2.45) is 0 Å². The maximum atomic E-state index is 12.3. The van der Waals surface area contributed by atoms with E-state index in [0.29, 0.717) is 6.54 Å². The number of likely N-dealkylation sites (tertiary alicyclic amines) is 1. The Bertz CT molecular complexity index is 871. The number of ether oxygens (including phenoxy) is 1. The van der Waals surface area contributed by atoms with E-state index in [2.05, 4.69) is 42.2 Å². The van der Waals surface area contributed by atoms with Crippen LogP contribution in [0.25, 0.3) is 0 Å². The number of aromatic nitrogens is 2. The van der Waals surface area contributed by atoms with E-state index in [1.54, 1.807) is 7.11 Å². The Balaban J connectivity index is 1.53. The maximum Gasteiger partial charge on any atom is 0.248 e. The summed E-state index contributed by atoms with van der Waals surface area (Å²) < 4.78 is 5.04. The van der Waals surface area contributed by atoms with Crippen LogP contribution in [0.2, 0.25) is 0 Å². The second-order valence-electron chi connectivity index (χ2n) is 8.41. The van der Waals surface area contributed by atoms with Gasteiger partial charge in [-0.2, -0.15) is 0 Å². The van der Waals surface area contributed by atoms with Crippen LogP contribution in [0.3, 0.4) is 0 Å². The first-order valence-corrected chi connectivity index (χ1v) is 11.1. The van der Waals surface area contributed by atoms with E-state index >= 15 is 0 Å².